The van der Waals surface area contributed by atoms with Gasteiger partial charge in [-0.1, -0.05) is 72.1 Å². The second kappa shape index (κ2) is 9.80. The molecule has 0 saturated carbocycles. The third-order valence-electron chi connectivity index (χ3n) is 3.16. The number of nitrogens with zero attached hydrogens (tertiary/aromatic N) is 2. The molecule has 128 valence electrons. The molecule has 1 heterocycles. The predicted octanol–water partition coefficient (Wildman–Crippen LogP) is 3.52. The van der Waals surface area contributed by atoms with Crippen LogP contribution in [0.3, 0.4) is 0 Å². The Labute approximate surface area is 154 Å². The number of thioether (sulfide) groups is 2. The Hall–Kier alpha value is -1.38. The van der Waals surface area contributed by atoms with Gasteiger partial charge in [0.15, 0.2) is 14.5 Å². The Bertz CT molecular complexity index is 676. The number of ketones is 1. The molecule has 1 amide bonds. The molecule has 1 aromatic carbocycles. The lowest BCUT2D eigenvalue weighted by atomic mass is 10.2. The van der Waals surface area contributed by atoms with Crippen LogP contribution in [0.4, 0.5) is 0 Å². The van der Waals surface area contributed by atoms with Crippen LogP contribution in [0, 0.1) is 0 Å². The Kier molecular flexibility index (Phi) is 7.74. The molecule has 0 saturated heterocycles. The van der Waals surface area contributed by atoms with Crippen molar-refractivity contribution in [1.29, 1.82) is 0 Å². The molecule has 0 fully saturated rings. The first-order chi connectivity index (χ1) is 11.6. The van der Waals surface area contributed by atoms with Crippen LogP contribution in [-0.2, 0) is 4.79 Å². The van der Waals surface area contributed by atoms with Crippen molar-refractivity contribution in [1.82, 2.24) is 15.5 Å². The SMILES string of the molecule is CC[C@@H](C)NC(=O)CSc1nnc(SCC(=O)c2ccccc2)s1. The van der Waals surface area contributed by atoms with E-state index in [1.807, 2.05) is 32.0 Å². The maximum atomic E-state index is 12.0. The zero-order valence-corrected chi connectivity index (χ0v) is 16.0. The van der Waals surface area contributed by atoms with Gasteiger partial charge in [0.1, 0.15) is 0 Å². The minimum absolute atomic E-state index is 0.00184. The number of hydrogen-bond donors (Lipinski definition) is 1. The van der Waals surface area contributed by atoms with Crippen LogP contribution in [0.25, 0.3) is 0 Å². The molecule has 5 nitrogen and oxygen atoms in total. The van der Waals surface area contributed by atoms with Gasteiger partial charge in [-0.3, -0.25) is 9.59 Å². The molecule has 1 N–H and O–H groups in total. The van der Waals surface area contributed by atoms with E-state index in [1.165, 1.54) is 34.9 Å². The Balaban J connectivity index is 1.77. The molecule has 2 aromatic rings. The van der Waals surface area contributed by atoms with Gasteiger partial charge in [-0.15, -0.1) is 10.2 Å². The third kappa shape index (κ3) is 6.26. The van der Waals surface area contributed by atoms with Gasteiger partial charge in [-0.05, 0) is 13.3 Å². The van der Waals surface area contributed by atoms with E-state index in [0.29, 0.717) is 17.1 Å². The molecule has 1 aromatic heterocycles. The zero-order chi connectivity index (χ0) is 17.4. The largest absolute Gasteiger partial charge is 0.353 e. The molecule has 1 atom stereocenters. The van der Waals surface area contributed by atoms with Crippen LogP contribution in [-0.4, -0.2) is 39.4 Å². The van der Waals surface area contributed by atoms with Crippen molar-refractivity contribution < 1.29 is 9.59 Å². The number of Topliss-reactive ketones (excluding diaryl/α,β-unsaturated/α-hetero) is 1. The molecule has 2 rings (SSSR count). The maximum absolute atomic E-state index is 12.0. The minimum Gasteiger partial charge on any atom is -0.353 e. The van der Waals surface area contributed by atoms with E-state index in [4.69, 9.17) is 0 Å². The molecule has 0 radical (unpaired) electrons. The molecular formula is C16H19N3O2S3. The molecular weight excluding hydrogens is 362 g/mol. The molecule has 0 aliphatic carbocycles. The summed E-state index contributed by atoms with van der Waals surface area (Å²) in [7, 11) is 0. The average molecular weight is 382 g/mol. The molecule has 0 unspecified atom stereocenters. The van der Waals surface area contributed by atoms with Gasteiger partial charge in [-0.2, -0.15) is 0 Å². The summed E-state index contributed by atoms with van der Waals surface area (Å²) in [5.41, 5.74) is 0.700. The summed E-state index contributed by atoms with van der Waals surface area (Å²) < 4.78 is 1.48. The Morgan fingerprint density at radius 3 is 2.38 bits per heavy atom. The normalized spacial score (nSPS) is 11.9. The smallest absolute Gasteiger partial charge is 0.230 e. The summed E-state index contributed by atoms with van der Waals surface area (Å²) in [5, 5.41) is 11.0. The van der Waals surface area contributed by atoms with Crippen LogP contribution >= 0.6 is 34.9 Å². The van der Waals surface area contributed by atoms with Crippen LogP contribution in [0.2, 0.25) is 0 Å². The van der Waals surface area contributed by atoms with Gasteiger partial charge >= 0.3 is 0 Å². The summed E-state index contributed by atoms with van der Waals surface area (Å²) >= 11 is 4.15. The fourth-order valence-electron chi connectivity index (χ4n) is 1.69. The van der Waals surface area contributed by atoms with Gasteiger partial charge in [0.25, 0.3) is 0 Å². The summed E-state index contributed by atoms with van der Waals surface area (Å²) in [5.74, 6) is 0.723. The standard InChI is InChI=1S/C16H19N3O2S3/c1-3-11(2)17-14(21)10-23-16-19-18-15(24-16)22-9-13(20)12-7-5-4-6-8-12/h4-8,11H,3,9-10H2,1-2H3,(H,17,21)/t11-/m1/s1. The van der Waals surface area contributed by atoms with E-state index in [0.717, 1.165) is 15.1 Å². The van der Waals surface area contributed by atoms with Crippen LogP contribution in [0.15, 0.2) is 39.0 Å². The number of aromatic nitrogens is 2. The summed E-state index contributed by atoms with van der Waals surface area (Å²) in [6.45, 7) is 4.01. The number of carbonyl (C=O) groups is 2. The Morgan fingerprint density at radius 2 is 1.75 bits per heavy atom. The van der Waals surface area contributed by atoms with Gasteiger partial charge in [0, 0.05) is 11.6 Å². The topological polar surface area (TPSA) is 72.0 Å². The number of nitrogens with one attached hydrogen (secondary N) is 1. The number of rotatable bonds is 9. The van der Waals surface area contributed by atoms with E-state index in [2.05, 4.69) is 15.5 Å². The van der Waals surface area contributed by atoms with Crippen LogP contribution < -0.4 is 5.32 Å². The summed E-state index contributed by atoms with van der Waals surface area (Å²) in [6, 6.07) is 9.38. The zero-order valence-electron chi connectivity index (χ0n) is 13.5. The van der Waals surface area contributed by atoms with E-state index >= 15 is 0 Å². The van der Waals surface area contributed by atoms with Crippen molar-refractivity contribution >= 4 is 46.6 Å². The summed E-state index contributed by atoms with van der Waals surface area (Å²) in [4.78, 5) is 23.8. The van der Waals surface area contributed by atoms with Crippen molar-refractivity contribution in [3.05, 3.63) is 35.9 Å². The highest BCUT2D eigenvalue weighted by Gasteiger charge is 2.12. The first-order valence-corrected chi connectivity index (χ1v) is 10.3. The van der Waals surface area contributed by atoms with E-state index in [9.17, 15) is 9.59 Å². The fourth-order valence-corrected chi connectivity index (χ4v) is 4.42. The minimum atomic E-state index is -0.00184. The maximum Gasteiger partial charge on any atom is 0.230 e. The fraction of sp³-hybridized carbons (Fsp3) is 0.375. The number of benzene rings is 1. The molecule has 24 heavy (non-hydrogen) atoms. The van der Waals surface area contributed by atoms with Gasteiger partial charge < -0.3 is 5.32 Å². The predicted molar refractivity (Wildman–Crippen MR) is 100 cm³/mol. The second-order valence-electron chi connectivity index (χ2n) is 5.08. The van der Waals surface area contributed by atoms with Crippen molar-refractivity contribution in [3.8, 4) is 0 Å². The lowest BCUT2D eigenvalue weighted by Gasteiger charge is -2.09. The quantitative estimate of drug-likeness (QED) is 0.529. The molecule has 0 bridgehead atoms. The Morgan fingerprint density at radius 1 is 1.12 bits per heavy atom. The van der Waals surface area contributed by atoms with Crippen molar-refractivity contribution in [2.24, 2.45) is 0 Å². The molecule has 0 aliphatic rings. The monoisotopic (exact) mass is 381 g/mol. The third-order valence-corrected chi connectivity index (χ3v) is 6.35. The van der Waals surface area contributed by atoms with Crippen molar-refractivity contribution in [3.63, 3.8) is 0 Å². The number of amides is 1. The van der Waals surface area contributed by atoms with E-state index in [-0.39, 0.29) is 17.7 Å². The van der Waals surface area contributed by atoms with Crippen molar-refractivity contribution in [2.45, 2.75) is 35.0 Å². The first kappa shape index (κ1) is 19.0. The highest BCUT2D eigenvalue weighted by molar-refractivity contribution is 8.03. The van der Waals surface area contributed by atoms with Crippen LogP contribution in [0.1, 0.15) is 30.6 Å². The summed E-state index contributed by atoms with van der Waals surface area (Å²) in [6.07, 6.45) is 0.908. The average Bonchev–Trinajstić information content (AvgIpc) is 3.06. The van der Waals surface area contributed by atoms with Crippen molar-refractivity contribution in [2.75, 3.05) is 11.5 Å². The highest BCUT2D eigenvalue weighted by atomic mass is 32.2. The van der Waals surface area contributed by atoms with Gasteiger partial charge in [0.05, 0.1) is 11.5 Å². The lowest BCUT2D eigenvalue weighted by Crippen LogP contribution is -2.33. The molecule has 8 heteroatoms. The first-order valence-electron chi connectivity index (χ1n) is 7.55. The van der Waals surface area contributed by atoms with Gasteiger partial charge in [0.2, 0.25) is 5.91 Å². The highest BCUT2D eigenvalue weighted by Crippen LogP contribution is 2.29. The number of carbonyl (C=O) groups excluding carboxylic acids is 2. The van der Waals surface area contributed by atoms with Crippen LogP contribution in [0.5, 0.6) is 0 Å². The second-order valence-corrected chi connectivity index (χ2v) is 8.50. The number of hydrogen-bond acceptors (Lipinski definition) is 7. The molecule has 0 aliphatic heterocycles. The van der Waals surface area contributed by atoms with Gasteiger partial charge in [-0.25, -0.2) is 0 Å². The molecule has 0 spiro atoms. The lowest BCUT2D eigenvalue weighted by molar-refractivity contribution is -0.119. The van der Waals surface area contributed by atoms with E-state index < -0.39 is 0 Å². The van der Waals surface area contributed by atoms with E-state index in [1.54, 1.807) is 12.1 Å².